The molecule has 30 heavy (non-hydrogen) atoms. The lowest BCUT2D eigenvalue weighted by Crippen LogP contribution is -2.37. The molecule has 0 fully saturated rings. The molecule has 3 aromatic rings. The molecular formula is C24H29N3O3. The summed E-state index contributed by atoms with van der Waals surface area (Å²) in [5.41, 5.74) is 1.00. The predicted octanol–water partition coefficient (Wildman–Crippen LogP) is 4.54. The zero-order chi connectivity index (χ0) is 21.5. The molecule has 158 valence electrons. The van der Waals surface area contributed by atoms with Gasteiger partial charge in [0.05, 0.1) is 24.1 Å². The summed E-state index contributed by atoms with van der Waals surface area (Å²) in [5.74, 6) is 1.12. The summed E-state index contributed by atoms with van der Waals surface area (Å²) in [4.78, 5) is 34.5. The molecule has 0 aliphatic heterocycles. The first-order valence-corrected chi connectivity index (χ1v) is 10.5. The van der Waals surface area contributed by atoms with Crippen molar-refractivity contribution in [3.8, 4) is 5.75 Å². The zero-order valence-corrected chi connectivity index (χ0v) is 17.9. The van der Waals surface area contributed by atoms with Gasteiger partial charge in [-0.25, -0.2) is 4.98 Å². The van der Waals surface area contributed by atoms with Gasteiger partial charge < -0.3 is 14.6 Å². The number of carbonyl (C=O) groups is 1. The van der Waals surface area contributed by atoms with E-state index in [4.69, 9.17) is 4.74 Å². The van der Waals surface area contributed by atoms with Crippen LogP contribution in [0.1, 0.15) is 56.2 Å². The van der Waals surface area contributed by atoms with E-state index in [1.165, 1.54) is 0 Å². The molecule has 1 aromatic heterocycles. The molecule has 0 aliphatic rings. The number of nitrogens with zero attached hydrogens (tertiary/aromatic N) is 2. The third-order valence-corrected chi connectivity index (χ3v) is 4.98. The van der Waals surface area contributed by atoms with Crippen molar-refractivity contribution < 1.29 is 9.53 Å². The van der Waals surface area contributed by atoms with Gasteiger partial charge in [0.15, 0.2) is 0 Å². The fourth-order valence-corrected chi connectivity index (χ4v) is 3.26. The number of rotatable bonds is 9. The average Bonchev–Trinajstić information content (AvgIpc) is 2.75. The second kappa shape index (κ2) is 10.1. The molecule has 0 unspecified atom stereocenters. The monoisotopic (exact) mass is 407 g/mol. The molecule has 1 amide bonds. The number of para-hydroxylation sites is 1. The topological polar surface area (TPSA) is 75.3 Å². The van der Waals surface area contributed by atoms with Crippen molar-refractivity contribution in [3.05, 3.63) is 70.3 Å². The maximum Gasteiger partial charge on any atom is 0.258 e. The Balaban J connectivity index is 1.74. The number of unbranched alkanes of at least 4 members (excludes halogenated alkanes) is 2. The second-order valence-electron chi connectivity index (χ2n) is 7.64. The van der Waals surface area contributed by atoms with E-state index in [2.05, 4.69) is 16.9 Å². The smallest absolute Gasteiger partial charge is 0.258 e. The Morgan fingerprint density at radius 2 is 1.83 bits per heavy atom. The van der Waals surface area contributed by atoms with Crippen LogP contribution in [0.5, 0.6) is 5.75 Å². The molecule has 6 nitrogen and oxygen atoms in total. The van der Waals surface area contributed by atoms with Crippen LogP contribution in [0, 0.1) is 0 Å². The van der Waals surface area contributed by atoms with E-state index in [1.807, 2.05) is 32.0 Å². The Bertz CT molecular complexity index is 1040. The van der Waals surface area contributed by atoms with Gasteiger partial charge in [-0.2, -0.15) is 0 Å². The molecule has 1 heterocycles. The maximum atomic E-state index is 13.1. The van der Waals surface area contributed by atoms with Gasteiger partial charge in [0, 0.05) is 11.6 Å². The normalized spacial score (nSPS) is 11.1. The Labute approximate surface area is 176 Å². The Morgan fingerprint density at radius 1 is 1.10 bits per heavy atom. The minimum atomic E-state index is -0.198. The minimum Gasteiger partial charge on any atom is -0.494 e. The first-order chi connectivity index (χ1) is 14.5. The molecule has 0 spiro atoms. The van der Waals surface area contributed by atoms with Gasteiger partial charge >= 0.3 is 0 Å². The molecule has 0 aliphatic carbocycles. The lowest BCUT2D eigenvalue weighted by molar-refractivity contribution is 0.0685. The number of nitrogens with one attached hydrogen (secondary N) is 1. The summed E-state index contributed by atoms with van der Waals surface area (Å²) in [6, 6.07) is 14.3. The third kappa shape index (κ3) is 5.26. The van der Waals surface area contributed by atoms with Crippen molar-refractivity contribution >= 4 is 16.8 Å². The molecule has 3 rings (SSSR count). The molecule has 1 N–H and O–H groups in total. The number of benzene rings is 2. The highest BCUT2D eigenvalue weighted by atomic mass is 16.5. The van der Waals surface area contributed by atoms with Crippen LogP contribution in [0.2, 0.25) is 0 Å². The molecule has 0 bridgehead atoms. The third-order valence-electron chi connectivity index (χ3n) is 4.98. The molecule has 0 saturated carbocycles. The molecule has 0 saturated heterocycles. The lowest BCUT2D eigenvalue weighted by atomic mass is 10.1. The van der Waals surface area contributed by atoms with Crippen molar-refractivity contribution in [1.29, 1.82) is 0 Å². The van der Waals surface area contributed by atoms with Crippen molar-refractivity contribution in [2.75, 3.05) is 6.61 Å². The SMILES string of the molecule is CCCCCOc1ccc(C(=O)N(Cc2nc3ccccc3c(=O)[nH]2)C(C)C)cc1. The zero-order valence-electron chi connectivity index (χ0n) is 17.9. The first kappa shape index (κ1) is 21.6. The highest BCUT2D eigenvalue weighted by Gasteiger charge is 2.20. The highest BCUT2D eigenvalue weighted by molar-refractivity contribution is 5.94. The number of ether oxygens (including phenoxy) is 1. The highest BCUT2D eigenvalue weighted by Crippen LogP contribution is 2.17. The molecule has 6 heteroatoms. The summed E-state index contributed by atoms with van der Waals surface area (Å²) in [5, 5.41) is 0.540. The fourth-order valence-electron chi connectivity index (χ4n) is 3.26. The minimum absolute atomic E-state index is 0.0563. The van der Waals surface area contributed by atoms with Crippen LogP contribution in [0.3, 0.4) is 0 Å². The first-order valence-electron chi connectivity index (χ1n) is 10.5. The Morgan fingerprint density at radius 3 is 2.53 bits per heavy atom. The number of aromatic nitrogens is 2. The van der Waals surface area contributed by atoms with E-state index in [1.54, 1.807) is 35.2 Å². The Hall–Kier alpha value is -3.15. The Kier molecular flexibility index (Phi) is 7.22. The standard InChI is InChI=1S/C24H29N3O3/c1-4-5-8-15-30-19-13-11-18(12-14-19)24(29)27(17(2)3)16-22-25-21-10-7-6-9-20(21)23(28)26-22/h6-7,9-14,17H,4-5,8,15-16H2,1-3H3,(H,25,26,28). The number of carbonyl (C=O) groups excluding carboxylic acids is 1. The van der Waals surface area contributed by atoms with E-state index in [0.717, 1.165) is 25.0 Å². The van der Waals surface area contributed by atoms with Gasteiger partial charge in [-0.3, -0.25) is 9.59 Å². The van der Waals surface area contributed by atoms with Crippen LogP contribution in [0.4, 0.5) is 0 Å². The van der Waals surface area contributed by atoms with Crippen LogP contribution >= 0.6 is 0 Å². The summed E-state index contributed by atoms with van der Waals surface area (Å²) < 4.78 is 5.73. The largest absolute Gasteiger partial charge is 0.494 e. The summed E-state index contributed by atoms with van der Waals surface area (Å²) in [7, 11) is 0. The quantitative estimate of drug-likeness (QED) is 0.528. The van der Waals surface area contributed by atoms with Crippen molar-refractivity contribution in [3.63, 3.8) is 0 Å². The summed E-state index contributed by atoms with van der Waals surface area (Å²) >= 11 is 0. The predicted molar refractivity (Wildman–Crippen MR) is 119 cm³/mol. The van der Waals surface area contributed by atoms with Crippen molar-refractivity contribution in [1.82, 2.24) is 14.9 Å². The number of aromatic amines is 1. The molecular weight excluding hydrogens is 378 g/mol. The van der Waals surface area contributed by atoms with Crippen molar-refractivity contribution in [2.45, 2.75) is 52.6 Å². The van der Waals surface area contributed by atoms with Crippen LogP contribution < -0.4 is 10.3 Å². The number of hydrogen-bond acceptors (Lipinski definition) is 4. The van der Waals surface area contributed by atoms with Crippen LogP contribution in [-0.2, 0) is 6.54 Å². The molecule has 0 atom stereocenters. The molecule has 2 aromatic carbocycles. The molecule has 0 radical (unpaired) electrons. The number of fused-ring (bicyclic) bond motifs is 1. The van der Waals surface area contributed by atoms with Crippen molar-refractivity contribution in [2.24, 2.45) is 0 Å². The van der Waals surface area contributed by atoms with Crippen LogP contribution in [0.25, 0.3) is 10.9 Å². The van der Waals surface area contributed by atoms with Gasteiger partial charge in [-0.15, -0.1) is 0 Å². The van der Waals surface area contributed by atoms with Crippen LogP contribution in [-0.4, -0.2) is 33.4 Å². The van der Waals surface area contributed by atoms with Gasteiger partial charge in [0.2, 0.25) is 0 Å². The van der Waals surface area contributed by atoms with Gasteiger partial charge in [-0.05, 0) is 56.7 Å². The average molecular weight is 408 g/mol. The van der Waals surface area contributed by atoms with Gasteiger partial charge in [0.1, 0.15) is 11.6 Å². The summed E-state index contributed by atoms with van der Waals surface area (Å²) in [6.07, 6.45) is 3.32. The van der Waals surface area contributed by atoms with E-state index >= 15 is 0 Å². The number of amides is 1. The number of hydrogen-bond donors (Lipinski definition) is 1. The lowest BCUT2D eigenvalue weighted by Gasteiger charge is -2.26. The van der Waals surface area contributed by atoms with E-state index in [9.17, 15) is 9.59 Å². The second-order valence-corrected chi connectivity index (χ2v) is 7.64. The van der Waals surface area contributed by atoms with Crippen LogP contribution in [0.15, 0.2) is 53.3 Å². The van der Waals surface area contributed by atoms with E-state index in [0.29, 0.717) is 28.9 Å². The van der Waals surface area contributed by atoms with E-state index in [-0.39, 0.29) is 24.1 Å². The summed E-state index contributed by atoms with van der Waals surface area (Å²) in [6.45, 7) is 6.96. The fraction of sp³-hybridized carbons (Fsp3) is 0.375. The number of H-pyrrole nitrogens is 1. The van der Waals surface area contributed by atoms with Gasteiger partial charge in [0.25, 0.3) is 11.5 Å². The van der Waals surface area contributed by atoms with Gasteiger partial charge in [-0.1, -0.05) is 31.9 Å². The maximum absolute atomic E-state index is 13.1. The van der Waals surface area contributed by atoms with E-state index < -0.39 is 0 Å².